The lowest BCUT2D eigenvalue weighted by Gasteiger charge is -2.14. The summed E-state index contributed by atoms with van der Waals surface area (Å²) >= 11 is 0. The van der Waals surface area contributed by atoms with E-state index in [0.29, 0.717) is 12.1 Å². The first-order valence-corrected chi connectivity index (χ1v) is 5.19. The first-order chi connectivity index (χ1) is 7.65. The summed E-state index contributed by atoms with van der Waals surface area (Å²) in [6, 6.07) is 6.47. The second-order valence-corrected chi connectivity index (χ2v) is 3.52. The predicted octanol–water partition coefficient (Wildman–Crippen LogP) is 2.04. The maximum Gasteiger partial charge on any atom is 0.306 e. The fraction of sp³-hybridized carbons (Fsp3) is 0.417. The molecule has 0 heterocycles. The molecular formula is C12H16FNO2. The normalized spacial score (nSPS) is 12.2. The maximum absolute atomic E-state index is 13.4. The Morgan fingerprint density at radius 3 is 2.81 bits per heavy atom. The van der Waals surface area contributed by atoms with E-state index >= 15 is 0 Å². The van der Waals surface area contributed by atoms with Gasteiger partial charge in [0, 0.05) is 18.2 Å². The molecule has 1 atom stereocenters. The van der Waals surface area contributed by atoms with Crippen LogP contribution in [-0.4, -0.2) is 19.6 Å². The monoisotopic (exact) mass is 225 g/mol. The second-order valence-electron chi connectivity index (χ2n) is 3.52. The number of rotatable bonds is 5. The van der Waals surface area contributed by atoms with Gasteiger partial charge in [0.05, 0.1) is 13.5 Å². The van der Waals surface area contributed by atoms with Crippen molar-refractivity contribution in [2.24, 2.45) is 0 Å². The fourth-order valence-corrected chi connectivity index (χ4v) is 1.43. The van der Waals surface area contributed by atoms with Crippen LogP contribution in [0.4, 0.5) is 4.39 Å². The standard InChI is InChI=1S/C12H16FNO2/c1-9(14-8-7-12(15)16-2)10-5-3-4-6-11(10)13/h3-6,9,14H,7-8H2,1-2H3/t9-/m1/s1. The van der Waals surface area contributed by atoms with E-state index in [4.69, 9.17) is 0 Å². The quantitative estimate of drug-likeness (QED) is 0.779. The Kier molecular flexibility index (Phi) is 4.92. The zero-order valence-electron chi connectivity index (χ0n) is 9.50. The Bertz CT molecular complexity index is 355. The molecule has 0 bridgehead atoms. The van der Waals surface area contributed by atoms with Crippen molar-refractivity contribution in [3.05, 3.63) is 35.6 Å². The average molecular weight is 225 g/mol. The Balaban J connectivity index is 2.44. The first kappa shape index (κ1) is 12.6. The summed E-state index contributed by atoms with van der Waals surface area (Å²) in [6.45, 7) is 2.33. The van der Waals surface area contributed by atoms with Crippen LogP contribution < -0.4 is 5.32 Å². The number of halogens is 1. The number of esters is 1. The van der Waals surface area contributed by atoms with Gasteiger partial charge < -0.3 is 10.1 Å². The van der Waals surface area contributed by atoms with Gasteiger partial charge in [-0.3, -0.25) is 4.79 Å². The van der Waals surface area contributed by atoms with E-state index in [0.717, 1.165) is 0 Å². The highest BCUT2D eigenvalue weighted by Gasteiger charge is 2.09. The van der Waals surface area contributed by atoms with Crippen molar-refractivity contribution in [3.63, 3.8) is 0 Å². The van der Waals surface area contributed by atoms with Crippen LogP contribution in [0.5, 0.6) is 0 Å². The maximum atomic E-state index is 13.4. The summed E-state index contributed by atoms with van der Waals surface area (Å²) in [6.07, 6.45) is 0.287. The summed E-state index contributed by atoms with van der Waals surface area (Å²) in [5, 5.41) is 3.06. The van der Waals surface area contributed by atoms with Crippen LogP contribution in [0.2, 0.25) is 0 Å². The minimum atomic E-state index is -0.270. The molecule has 4 heteroatoms. The molecule has 88 valence electrons. The van der Waals surface area contributed by atoms with Gasteiger partial charge in [-0.25, -0.2) is 4.39 Å². The molecule has 16 heavy (non-hydrogen) atoms. The molecule has 1 aromatic carbocycles. The molecule has 0 unspecified atom stereocenters. The molecule has 1 N–H and O–H groups in total. The Hall–Kier alpha value is -1.42. The summed E-state index contributed by atoms with van der Waals surface area (Å²) in [7, 11) is 1.35. The third-order valence-electron chi connectivity index (χ3n) is 2.38. The van der Waals surface area contributed by atoms with Gasteiger partial charge in [-0.15, -0.1) is 0 Å². The van der Waals surface area contributed by atoms with Crippen molar-refractivity contribution in [1.29, 1.82) is 0 Å². The van der Waals surface area contributed by atoms with Crippen molar-refractivity contribution >= 4 is 5.97 Å². The summed E-state index contributed by atoms with van der Waals surface area (Å²) in [5.41, 5.74) is 0.604. The van der Waals surface area contributed by atoms with E-state index < -0.39 is 0 Å². The lowest BCUT2D eigenvalue weighted by molar-refractivity contribution is -0.140. The van der Waals surface area contributed by atoms with E-state index in [9.17, 15) is 9.18 Å². The SMILES string of the molecule is COC(=O)CCN[C@H](C)c1ccccc1F. The molecule has 0 aliphatic carbocycles. The summed E-state index contributed by atoms with van der Waals surface area (Å²) < 4.78 is 17.9. The van der Waals surface area contributed by atoms with Gasteiger partial charge in [-0.05, 0) is 13.0 Å². The molecule has 0 fully saturated rings. The topological polar surface area (TPSA) is 38.3 Å². The van der Waals surface area contributed by atoms with Crippen LogP contribution in [0, 0.1) is 5.82 Å². The number of carbonyl (C=O) groups is 1. The van der Waals surface area contributed by atoms with Gasteiger partial charge >= 0.3 is 5.97 Å². The molecule has 3 nitrogen and oxygen atoms in total. The lowest BCUT2D eigenvalue weighted by atomic mass is 10.1. The molecule has 0 saturated carbocycles. The Morgan fingerprint density at radius 2 is 2.19 bits per heavy atom. The molecule has 0 saturated heterocycles. The summed E-state index contributed by atoms with van der Waals surface area (Å²) in [5.74, 6) is -0.506. The van der Waals surface area contributed by atoms with Crippen molar-refractivity contribution in [2.45, 2.75) is 19.4 Å². The van der Waals surface area contributed by atoms with Crippen molar-refractivity contribution in [3.8, 4) is 0 Å². The Morgan fingerprint density at radius 1 is 1.50 bits per heavy atom. The van der Waals surface area contributed by atoms with E-state index in [1.165, 1.54) is 13.2 Å². The largest absolute Gasteiger partial charge is 0.469 e. The zero-order chi connectivity index (χ0) is 12.0. The van der Waals surface area contributed by atoms with Crippen LogP contribution in [0.3, 0.4) is 0 Å². The third kappa shape index (κ3) is 3.62. The number of nitrogens with one attached hydrogen (secondary N) is 1. The minimum Gasteiger partial charge on any atom is -0.469 e. The number of ether oxygens (including phenoxy) is 1. The van der Waals surface area contributed by atoms with Crippen LogP contribution >= 0.6 is 0 Å². The van der Waals surface area contributed by atoms with Crippen molar-refractivity contribution in [2.75, 3.05) is 13.7 Å². The van der Waals surface area contributed by atoms with E-state index in [1.54, 1.807) is 18.2 Å². The molecule has 0 aromatic heterocycles. The highest BCUT2D eigenvalue weighted by molar-refractivity contribution is 5.69. The minimum absolute atomic E-state index is 0.120. The van der Waals surface area contributed by atoms with Gasteiger partial charge in [0.15, 0.2) is 0 Å². The highest BCUT2D eigenvalue weighted by Crippen LogP contribution is 2.15. The van der Waals surface area contributed by atoms with E-state index in [2.05, 4.69) is 10.1 Å². The molecule has 0 aliphatic heterocycles. The van der Waals surface area contributed by atoms with Gasteiger partial charge in [0.25, 0.3) is 0 Å². The van der Waals surface area contributed by atoms with Crippen molar-refractivity contribution in [1.82, 2.24) is 5.32 Å². The molecular weight excluding hydrogens is 209 g/mol. The second kappa shape index (κ2) is 6.23. The molecule has 1 rings (SSSR count). The van der Waals surface area contributed by atoms with Crippen LogP contribution in [0.1, 0.15) is 24.9 Å². The Labute approximate surface area is 94.6 Å². The smallest absolute Gasteiger partial charge is 0.306 e. The van der Waals surface area contributed by atoms with E-state index in [1.807, 2.05) is 6.92 Å². The molecule has 1 aromatic rings. The van der Waals surface area contributed by atoms with Crippen molar-refractivity contribution < 1.29 is 13.9 Å². The number of carbonyl (C=O) groups excluding carboxylic acids is 1. The lowest BCUT2D eigenvalue weighted by Crippen LogP contribution is -2.23. The van der Waals surface area contributed by atoms with Crippen LogP contribution in [0.15, 0.2) is 24.3 Å². The zero-order valence-corrected chi connectivity index (χ0v) is 9.50. The van der Waals surface area contributed by atoms with Gasteiger partial charge in [0.2, 0.25) is 0 Å². The predicted molar refractivity (Wildman–Crippen MR) is 59.5 cm³/mol. The van der Waals surface area contributed by atoms with Crippen LogP contribution in [0.25, 0.3) is 0 Å². The fourth-order valence-electron chi connectivity index (χ4n) is 1.43. The number of benzene rings is 1. The summed E-state index contributed by atoms with van der Waals surface area (Å²) in [4.78, 5) is 10.9. The third-order valence-corrected chi connectivity index (χ3v) is 2.38. The number of hydrogen-bond acceptors (Lipinski definition) is 3. The van der Waals surface area contributed by atoms with E-state index in [-0.39, 0.29) is 24.2 Å². The first-order valence-electron chi connectivity index (χ1n) is 5.19. The van der Waals surface area contributed by atoms with Gasteiger partial charge in [-0.1, -0.05) is 18.2 Å². The van der Waals surface area contributed by atoms with Crippen LogP contribution in [-0.2, 0) is 9.53 Å². The average Bonchev–Trinajstić information content (AvgIpc) is 2.29. The molecule has 0 amide bonds. The number of hydrogen-bond donors (Lipinski definition) is 1. The molecule has 0 spiro atoms. The molecule has 0 radical (unpaired) electrons. The molecule has 0 aliphatic rings. The van der Waals surface area contributed by atoms with Gasteiger partial charge in [0.1, 0.15) is 5.82 Å². The number of methoxy groups -OCH3 is 1. The highest BCUT2D eigenvalue weighted by atomic mass is 19.1. The van der Waals surface area contributed by atoms with Gasteiger partial charge in [-0.2, -0.15) is 0 Å².